The van der Waals surface area contributed by atoms with Crippen molar-refractivity contribution in [2.75, 3.05) is 6.54 Å². The van der Waals surface area contributed by atoms with Crippen LogP contribution in [0, 0.1) is 0 Å². The maximum Gasteiger partial charge on any atom is 0.275 e. The van der Waals surface area contributed by atoms with E-state index in [1.807, 2.05) is 31.2 Å². The van der Waals surface area contributed by atoms with Crippen molar-refractivity contribution in [1.82, 2.24) is 5.32 Å². The number of hydrogen-bond acceptors (Lipinski definition) is 1. The second-order valence-corrected chi connectivity index (χ2v) is 6.82. The Bertz CT molecular complexity index is 453. The summed E-state index contributed by atoms with van der Waals surface area (Å²) in [6.07, 6.45) is 9.20. The summed E-state index contributed by atoms with van der Waals surface area (Å²) in [4.78, 5) is 12.1. The Morgan fingerprint density at radius 3 is 2.41 bits per heavy atom. The van der Waals surface area contributed by atoms with Crippen molar-refractivity contribution in [3.63, 3.8) is 0 Å². The van der Waals surface area contributed by atoms with Crippen LogP contribution in [0.25, 0.3) is 0 Å². The lowest BCUT2D eigenvalue weighted by Gasteiger charge is -2.19. The molecule has 0 heterocycles. The normalized spacial score (nSPS) is 18.3. The third-order valence-electron chi connectivity index (χ3n) is 4.53. The van der Waals surface area contributed by atoms with Crippen molar-refractivity contribution in [2.45, 2.75) is 64.0 Å². The molecule has 0 bridgehead atoms. The first kappa shape index (κ1) is 17.3. The van der Waals surface area contributed by atoms with Crippen LogP contribution in [-0.2, 0) is 4.79 Å². The molecule has 1 aliphatic carbocycles. The van der Waals surface area contributed by atoms with Gasteiger partial charge in [0.05, 0.1) is 12.1 Å². The van der Waals surface area contributed by atoms with E-state index < -0.39 is 0 Å². The van der Waals surface area contributed by atoms with Crippen molar-refractivity contribution >= 4 is 17.5 Å². The number of hydrogen-bond donors (Lipinski definition) is 2. The minimum absolute atomic E-state index is 0.0236. The second kappa shape index (κ2) is 9.16. The molecule has 2 rings (SSSR count). The topological polar surface area (TPSA) is 45.7 Å². The quantitative estimate of drug-likeness (QED) is 0.859. The van der Waals surface area contributed by atoms with Crippen LogP contribution in [0.1, 0.15) is 63.5 Å². The number of carbonyl (C=O) groups is 1. The number of benzene rings is 1. The largest absolute Gasteiger partial charge is 0.345 e. The molecule has 0 radical (unpaired) electrons. The number of amides is 1. The fraction of sp³-hybridized carbons (Fsp3) is 0.611. The molecule has 1 aromatic carbocycles. The molecule has 22 heavy (non-hydrogen) atoms. The van der Waals surface area contributed by atoms with Crippen LogP contribution in [0.4, 0.5) is 0 Å². The van der Waals surface area contributed by atoms with Crippen LogP contribution in [0.2, 0.25) is 5.02 Å². The molecule has 3 N–H and O–H groups in total. The number of nitrogens with two attached hydrogens (primary N) is 1. The molecule has 4 heteroatoms. The molecule has 122 valence electrons. The first-order valence-corrected chi connectivity index (χ1v) is 8.91. The summed E-state index contributed by atoms with van der Waals surface area (Å²) in [5, 5.41) is 6.02. The van der Waals surface area contributed by atoms with E-state index in [4.69, 9.17) is 11.6 Å². The smallest absolute Gasteiger partial charge is 0.275 e. The van der Waals surface area contributed by atoms with Crippen molar-refractivity contribution in [3.05, 3.63) is 34.9 Å². The minimum Gasteiger partial charge on any atom is -0.345 e. The minimum atomic E-state index is 0.0236. The maximum absolute atomic E-state index is 12.1. The van der Waals surface area contributed by atoms with Gasteiger partial charge in [-0.2, -0.15) is 0 Å². The van der Waals surface area contributed by atoms with Gasteiger partial charge in [0.15, 0.2) is 6.54 Å². The zero-order chi connectivity index (χ0) is 15.8. The van der Waals surface area contributed by atoms with Crippen molar-refractivity contribution in [2.24, 2.45) is 0 Å². The first-order valence-electron chi connectivity index (χ1n) is 8.53. The van der Waals surface area contributed by atoms with Crippen LogP contribution in [-0.4, -0.2) is 18.5 Å². The van der Waals surface area contributed by atoms with E-state index in [0.717, 1.165) is 10.6 Å². The van der Waals surface area contributed by atoms with E-state index >= 15 is 0 Å². The van der Waals surface area contributed by atoms with Crippen molar-refractivity contribution in [1.29, 1.82) is 0 Å². The van der Waals surface area contributed by atoms with Gasteiger partial charge in [-0.25, -0.2) is 0 Å². The van der Waals surface area contributed by atoms with E-state index in [-0.39, 0.29) is 11.9 Å². The van der Waals surface area contributed by atoms with Gasteiger partial charge in [0, 0.05) is 5.02 Å². The Kier molecular flexibility index (Phi) is 7.20. The summed E-state index contributed by atoms with van der Waals surface area (Å²) >= 11 is 5.89. The molecule has 1 saturated carbocycles. The van der Waals surface area contributed by atoms with Gasteiger partial charge in [-0.1, -0.05) is 43.0 Å². The van der Waals surface area contributed by atoms with Gasteiger partial charge in [0.1, 0.15) is 0 Å². The lowest BCUT2D eigenvalue weighted by atomic mass is 9.97. The van der Waals surface area contributed by atoms with E-state index in [9.17, 15) is 4.79 Å². The summed E-state index contributed by atoms with van der Waals surface area (Å²) in [6, 6.07) is 8.30. The average Bonchev–Trinajstić information content (AvgIpc) is 2.46. The van der Waals surface area contributed by atoms with Gasteiger partial charge >= 0.3 is 0 Å². The molecule has 1 aliphatic rings. The van der Waals surface area contributed by atoms with Crippen molar-refractivity contribution in [3.8, 4) is 0 Å². The highest BCUT2D eigenvalue weighted by molar-refractivity contribution is 6.30. The number of rotatable bonds is 5. The summed E-state index contributed by atoms with van der Waals surface area (Å²) in [7, 11) is 0. The van der Waals surface area contributed by atoms with E-state index in [2.05, 4.69) is 10.6 Å². The molecule has 0 spiro atoms. The highest BCUT2D eigenvalue weighted by atomic mass is 35.5. The number of quaternary nitrogens is 1. The molecule has 0 aliphatic heterocycles. The van der Waals surface area contributed by atoms with Gasteiger partial charge in [-0.15, -0.1) is 0 Å². The molecule has 1 amide bonds. The van der Waals surface area contributed by atoms with E-state index in [1.54, 1.807) is 0 Å². The molecule has 1 aromatic rings. The summed E-state index contributed by atoms with van der Waals surface area (Å²) in [5.74, 6) is 0.115. The third kappa shape index (κ3) is 5.98. The highest BCUT2D eigenvalue weighted by Gasteiger charge is 2.17. The van der Waals surface area contributed by atoms with Crippen LogP contribution >= 0.6 is 11.6 Å². The van der Waals surface area contributed by atoms with Crippen LogP contribution in [0.15, 0.2) is 24.3 Å². The van der Waals surface area contributed by atoms with Gasteiger partial charge in [0.25, 0.3) is 5.91 Å². The summed E-state index contributed by atoms with van der Waals surface area (Å²) < 4.78 is 0. The lowest BCUT2D eigenvalue weighted by molar-refractivity contribution is -0.680. The number of carbonyl (C=O) groups excluding carboxylic acids is 1. The zero-order valence-corrected chi connectivity index (χ0v) is 14.2. The van der Waals surface area contributed by atoms with Crippen LogP contribution in [0.5, 0.6) is 0 Å². The molecule has 1 fully saturated rings. The monoisotopic (exact) mass is 323 g/mol. The van der Waals surface area contributed by atoms with E-state index in [0.29, 0.717) is 12.6 Å². The molecule has 0 saturated heterocycles. The summed E-state index contributed by atoms with van der Waals surface area (Å²) in [6.45, 7) is 2.54. The average molecular weight is 324 g/mol. The summed E-state index contributed by atoms with van der Waals surface area (Å²) in [5.41, 5.74) is 1.09. The van der Waals surface area contributed by atoms with Gasteiger partial charge in [-0.3, -0.25) is 4.79 Å². The standard InChI is InChI=1S/C18H27ClN2O/c1-14(15-9-11-16(19)12-10-15)21-18(22)13-20-17-7-5-3-2-4-6-8-17/h9-12,14,17,20H,2-8,13H2,1H3,(H,21,22)/p+1/t14-/m0/s1. The predicted molar refractivity (Wildman–Crippen MR) is 90.9 cm³/mol. The Balaban J connectivity index is 1.73. The maximum atomic E-state index is 12.1. The van der Waals surface area contributed by atoms with E-state index in [1.165, 1.54) is 44.9 Å². The zero-order valence-electron chi connectivity index (χ0n) is 13.5. The Hall–Kier alpha value is -1.06. The Morgan fingerprint density at radius 1 is 1.18 bits per heavy atom. The predicted octanol–water partition coefficient (Wildman–Crippen LogP) is 3.19. The van der Waals surface area contributed by atoms with Crippen LogP contribution < -0.4 is 10.6 Å². The van der Waals surface area contributed by atoms with Crippen molar-refractivity contribution < 1.29 is 10.1 Å². The fourth-order valence-electron chi connectivity index (χ4n) is 3.13. The SMILES string of the molecule is C[C@H](NC(=O)C[NH2+]C1CCCCCCC1)c1ccc(Cl)cc1. The molecule has 0 unspecified atom stereocenters. The second-order valence-electron chi connectivity index (χ2n) is 6.39. The molecule has 1 atom stereocenters. The fourth-order valence-corrected chi connectivity index (χ4v) is 3.26. The van der Waals surface area contributed by atoms with Gasteiger partial charge < -0.3 is 10.6 Å². The van der Waals surface area contributed by atoms with Crippen LogP contribution in [0.3, 0.4) is 0 Å². The highest BCUT2D eigenvalue weighted by Crippen LogP contribution is 2.16. The van der Waals surface area contributed by atoms with Gasteiger partial charge in [0.2, 0.25) is 0 Å². The number of halogens is 1. The lowest BCUT2D eigenvalue weighted by Crippen LogP contribution is -2.92. The van der Waals surface area contributed by atoms with Gasteiger partial charge in [-0.05, 0) is 50.3 Å². The molecular formula is C18H28ClN2O+. The third-order valence-corrected chi connectivity index (χ3v) is 4.79. The first-order chi connectivity index (χ1) is 10.6. The molecule has 3 nitrogen and oxygen atoms in total. The molecular weight excluding hydrogens is 296 g/mol. The number of nitrogens with one attached hydrogen (secondary N) is 1. The Labute approximate surface area is 138 Å². The molecule has 0 aromatic heterocycles. The Morgan fingerprint density at radius 2 is 1.77 bits per heavy atom.